The molecule has 0 aliphatic carbocycles. The molecule has 0 amide bonds. The summed E-state index contributed by atoms with van der Waals surface area (Å²) >= 11 is 0. The topological polar surface area (TPSA) is 42.1 Å². The molecule has 2 heterocycles. The lowest BCUT2D eigenvalue weighted by atomic mass is 9.94. The second-order valence-electron chi connectivity index (χ2n) is 5.79. The number of hydrogen-bond donors (Lipinski definition) is 1. The minimum absolute atomic E-state index is 0.0316. The highest BCUT2D eigenvalue weighted by atomic mass is 15.2. The zero-order chi connectivity index (χ0) is 14.1. The Hall–Kier alpha value is -1.87. The Morgan fingerprint density at radius 3 is 2.75 bits per heavy atom. The van der Waals surface area contributed by atoms with Crippen molar-refractivity contribution in [1.29, 1.82) is 0 Å². The molecule has 20 heavy (non-hydrogen) atoms. The molecule has 0 bridgehead atoms. The molecular formula is C17H21N3. The minimum atomic E-state index is 0.0316. The van der Waals surface area contributed by atoms with E-state index >= 15 is 0 Å². The van der Waals surface area contributed by atoms with E-state index < -0.39 is 0 Å². The molecule has 1 aliphatic rings. The van der Waals surface area contributed by atoms with Gasteiger partial charge in [-0.3, -0.25) is 0 Å². The maximum atomic E-state index is 5.89. The second-order valence-corrected chi connectivity index (χ2v) is 5.79. The Balaban J connectivity index is 1.97. The Morgan fingerprint density at radius 2 is 2.05 bits per heavy atom. The molecular weight excluding hydrogens is 246 g/mol. The maximum absolute atomic E-state index is 5.89. The highest BCUT2D eigenvalue weighted by Crippen LogP contribution is 2.34. The second kappa shape index (κ2) is 5.25. The molecule has 0 radical (unpaired) electrons. The number of aromatic nitrogens is 1. The molecule has 0 spiro atoms. The van der Waals surface area contributed by atoms with Crippen molar-refractivity contribution in [1.82, 2.24) is 4.98 Å². The van der Waals surface area contributed by atoms with E-state index in [2.05, 4.69) is 53.2 Å². The van der Waals surface area contributed by atoms with Crippen molar-refractivity contribution in [2.24, 2.45) is 11.7 Å². The van der Waals surface area contributed by atoms with Crippen LogP contribution < -0.4 is 10.6 Å². The fraction of sp³-hybridized carbons (Fsp3) is 0.353. The van der Waals surface area contributed by atoms with Gasteiger partial charge in [-0.1, -0.05) is 31.2 Å². The molecule has 3 nitrogen and oxygen atoms in total. The zero-order valence-electron chi connectivity index (χ0n) is 12.1. The van der Waals surface area contributed by atoms with Crippen molar-refractivity contribution in [3.63, 3.8) is 0 Å². The van der Waals surface area contributed by atoms with Gasteiger partial charge in [-0.25, -0.2) is 4.98 Å². The number of anilines is 2. The van der Waals surface area contributed by atoms with Crippen LogP contribution in [-0.2, 0) is 6.42 Å². The summed E-state index contributed by atoms with van der Waals surface area (Å²) in [5.74, 6) is 1.65. The number of fused-ring (bicyclic) bond motifs is 1. The molecule has 2 unspecified atom stereocenters. The normalized spacial score (nSPS) is 19.6. The lowest BCUT2D eigenvalue weighted by Crippen LogP contribution is -2.31. The molecule has 2 atom stereocenters. The number of para-hydroxylation sites is 1. The Bertz CT molecular complexity index is 589. The van der Waals surface area contributed by atoms with Gasteiger partial charge in [0.05, 0.1) is 0 Å². The molecule has 0 saturated heterocycles. The van der Waals surface area contributed by atoms with E-state index in [1.54, 1.807) is 0 Å². The first-order valence-electron chi connectivity index (χ1n) is 7.22. The average molecular weight is 267 g/mol. The number of benzene rings is 1. The fourth-order valence-corrected chi connectivity index (χ4v) is 2.84. The van der Waals surface area contributed by atoms with Crippen molar-refractivity contribution in [3.8, 4) is 0 Å². The van der Waals surface area contributed by atoms with Crippen LogP contribution in [-0.4, -0.2) is 11.5 Å². The third-order valence-electron chi connectivity index (χ3n) is 3.92. The molecule has 2 N–H and O–H groups in total. The van der Waals surface area contributed by atoms with Crippen molar-refractivity contribution >= 4 is 11.5 Å². The van der Waals surface area contributed by atoms with Crippen molar-refractivity contribution in [2.75, 3.05) is 11.4 Å². The molecule has 104 valence electrons. The van der Waals surface area contributed by atoms with E-state index in [-0.39, 0.29) is 6.04 Å². The van der Waals surface area contributed by atoms with E-state index in [1.165, 1.54) is 11.3 Å². The highest BCUT2D eigenvalue weighted by molar-refractivity contribution is 5.65. The SMILES string of the molecule is CC1Cc2ccccc2N(c2ccc(C(C)N)cn2)C1. The van der Waals surface area contributed by atoms with Crippen LogP contribution in [0.15, 0.2) is 42.6 Å². The first-order chi connectivity index (χ1) is 9.65. The summed E-state index contributed by atoms with van der Waals surface area (Å²) < 4.78 is 0. The zero-order valence-corrected chi connectivity index (χ0v) is 12.1. The van der Waals surface area contributed by atoms with Crippen LogP contribution in [0, 0.1) is 5.92 Å². The van der Waals surface area contributed by atoms with E-state index in [9.17, 15) is 0 Å². The largest absolute Gasteiger partial charge is 0.326 e. The molecule has 0 fully saturated rings. The summed E-state index contributed by atoms with van der Waals surface area (Å²) in [7, 11) is 0. The predicted octanol–water partition coefficient (Wildman–Crippen LogP) is 3.43. The van der Waals surface area contributed by atoms with Gasteiger partial charge in [0, 0.05) is 24.5 Å². The van der Waals surface area contributed by atoms with Gasteiger partial charge in [0.15, 0.2) is 0 Å². The predicted molar refractivity (Wildman–Crippen MR) is 83.2 cm³/mol. The Morgan fingerprint density at radius 1 is 1.25 bits per heavy atom. The van der Waals surface area contributed by atoms with E-state index in [4.69, 9.17) is 5.73 Å². The number of nitrogens with zero attached hydrogens (tertiary/aromatic N) is 2. The van der Waals surface area contributed by atoms with Gasteiger partial charge in [-0.2, -0.15) is 0 Å². The summed E-state index contributed by atoms with van der Waals surface area (Å²) in [6.07, 6.45) is 3.03. The first-order valence-corrected chi connectivity index (χ1v) is 7.22. The highest BCUT2D eigenvalue weighted by Gasteiger charge is 2.23. The summed E-state index contributed by atoms with van der Waals surface area (Å²) in [4.78, 5) is 6.92. The van der Waals surface area contributed by atoms with Crippen LogP contribution in [0.25, 0.3) is 0 Å². The van der Waals surface area contributed by atoms with Gasteiger partial charge in [-0.05, 0) is 42.5 Å². The Labute approximate surface area is 120 Å². The van der Waals surface area contributed by atoms with E-state index in [0.29, 0.717) is 5.92 Å². The van der Waals surface area contributed by atoms with Gasteiger partial charge in [0.1, 0.15) is 5.82 Å². The van der Waals surface area contributed by atoms with Crippen LogP contribution in [0.5, 0.6) is 0 Å². The molecule has 1 aliphatic heterocycles. The van der Waals surface area contributed by atoms with Crippen LogP contribution in [0.3, 0.4) is 0 Å². The quantitative estimate of drug-likeness (QED) is 0.906. The Kier molecular flexibility index (Phi) is 3.45. The number of rotatable bonds is 2. The average Bonchev–Trinajstić information content (AvgIpc) is 2.46. The van der Waals surface area contributed by atoms with Crippen LogP contribution >= 0.6 is 0 Å². The summed E-state index contributed by atoms with van der Waals surface area (Å²) in [5, 5.41) is 0. The van der Waals surface area contributed by atoms with Crippen molar-refractivity contribution < 1.29 is 0 Å². The molecule has 3 heteroatoms. The lowest BCUT2D eigenvalue weighted by molar-refractivity contribution is 0.560. The van der Waals surface area contributed by atoms with Gasteiger partial charge in [0.2, 0.25) is 0 Å². The number of pyridine rings is 1. The molecule has 2 aromatic rings. The number of hydrogen-bond acceptors (Lipinski definition) is 3. The van der Waals surface area contributed by atoms with Crippen molar-refractivity contribution in [2.45, 2.75) is 26.3 Å². The standard InChI is InChI=1S/C17H21N3/c1-12-9-14-5-3-4-6-16(14)20(11-12)17-8-7-15(10-19-17)13(2)18/h3-8,10,12-13H,9,11,18H2,1-2H3. The van der Waals surface area contributed by atoms with E-state index in [1.807, 2.05) is 13.1 Å². The third-order valence-corrected chi connectivity index (χ3v) is 3.92. The molecule has 0 saturated carbocycles. The van der Waals surface area contributed by atoms with Gasteiger partial charge >= 0.3 is 0 Å². The van der Waals surface area contributed by atoms with Gasteiger partial charge in [0.25, 0.3) is 0 Å². The smallest absolute Gasteiger partial charge is 0.132 e. The minimum Gasteiger partial charge on any atom is -0.326 e. The van der Waals surface area contributed by atoms with Crippen molar-refractivity contribution in [3.05, 3.63) is 53.7 Å². The maximum Gasteiger partial charge on any atom is 0.132 e. The fourth-order valence-electron chi connectivity index (χ4n) is 2.84. The van der Waals surface area contributed by atoms with Gasteiger partial charge in [-0.15, -0.1) is 0 Å². The third kappa shape index (κ3) is 2.41. The summed E-state index contributed by atoms with van der Waals surface area (Å²) in [6.45, 7) is 5.29. The van der Waals surface area contributed by atoms with E-state index in [0.717, 1.165) is 24.3 Å². The summed E-state index contributed by atoms with van der Waals surface area (Å²) in [5.41, 5.74) is 9.65. The molecule has 3 rings (SSSR count). The number of nitrogens with two attached hydrogens (primary N) is 1. The van der Waals surface area contributed by atoms with Crippen LogP contribution in [0.2, 0.25) is 0 Å². The van der Waals surface area contributed by atoms with Crippen LogP contribution in [0.4, 0.5) is 11.5 Å². The molecule has 1 aromatic carbocycles. The monoisotopic (exact) mass is 267 g/mol. The first kappa shape index (κ1) is 13.1. The van der Waals surface area contributed by atoms with Crippen LogP contribution in [0.1, 0.15) is 31.0 Å². The lowest BCUT2D eigenvalue weighted by Gasteiger charge is -2.34. The molecule has 1 aromatic heterocycles. The summed E-state index contributed by atoms with van der Waals surface area (Å²) in [6, 6.07) is 12.8. The van der Waals surface area contributed by atoms with Gasteiger partial charge < -0.3 is 10.6 Å².